The summed E-state index contributed by atoms with van der Waals surface area (Å²) >= 11 is 1.20. The van der Waals surface area contributed by atoms with Gasteiger partial charge in [-0.05, 0) is 29.8 Å². The Morgan fingerprint density at radius 3 is 2.46 bits per heavy atom. The Balaban J connectivity index is 1.59. The van der Waals surface area contributed by atoms with E-state index in [4.69, 9.17) is 0 Å². The van der Waals surface area contributed by atoms with Gasteiger partial charge in [0.25, 0.3) is 5.91 Å². The second-order valence-corrected chi connectivity index (χ2v) is 6.81. The van der Waals surface area contributed by atoms with E-state index in [9.17, 15) is 18.0 Å². The molecule has 3 N–H and O–H groups in total. The van der Waals surface area contributed by atoms with Crippen molar-refractivity contribution in [2.45, 2.75) is 12.6 Å². The van der Waals surface area contributed by atoms with Crippen molar-refractivity contribution in [2.24, 2.45) is 0 Å². The van der Waals surface area contributed by atoms with Gasteiger partial charge in [0.05, 0.1) is 11.1 Å². The van der Waals surface area contributed by atoms with Gasteiger partial charge in [-0.25, -0.2) is 0 Å². The van der Waals surface area contributed by atoms with E-state index in [1.54, 1.807) is 25.2 Å². The predicted molar refractivity (Wildman–Crippen MR) is 101 cm³/mol. The van der Waals surface area contributed by atoms with Gasteiger partial charge >= 0.3 is 6.18 Å². The van der Waals surface area contributed by atoms with Crippen LogP contribution in [0.2, 0.25) is 0 Å². The summed E-state index contributed by atoms with van der Waals surface area (Å²) in [5.41, 5.74) is 6.38. The van der Waals surface area contributed by atoms with Gasteiger partial charge < -0.3 is 5.32 Å². The van der Waals surface area contributed by atoms with E-state index in [1.807, 2.05) is 6.07 Å². The van der Waals surface area contributed by atoms with Gasteiger partial charge in [-0.1, -0.05) is 35.6 Å². The number of rotatable bonds is 6. The van der Waals surface area contributed by atoms with Crippen LogP contribution in [-0.4, -0.2) is 23.2 Å². The topological polar surface area (TPSA) is 78.9 Å². The molecule has 3 aromatic rings. The maximum absolute atomic E-state index is 12.6. The smallest absolute Gasteiger partial charge is 0.387 e. The molecule has 146 valence electrons. The van der Waals surface area contributed by atoms with E-state index in [2.05, 4.69) is 26.4 Å². The van der Waals surface area contributed by atoms with Crippen molar-refractivity contribution in [3.8, 4) is 0 Å². The monoisotopic (exact) mass is 407 g/mol. The van der Waals surface area contributed by atoms with Crippen LogP contribution in [0.4, 0.5) is 24.0 Å². The summed E-state index contributed by atoms with van der Waals surface area (Å²) in [5.74, 6) is -0.343. The third-order valence-electron chi connectivity index (χ3n) is 3.83. The van der Waals surface area contributed by atoms with Gasteiger partial charge in [0.15, 0.2) is 0 Å². The summed E-state index contributed by atoms with van der Waals surface area (Å²) in [7, 11) is 1.72. The quantitative estimate of drug-likeness (QED) is 0.540. The highest BCUT2D eigenvalue weighted by Gasteiger charge is 2.29. The van der Waals surface area contributed by atoms with Crippen LogP contribution in [0.25, 0.3) is 0 Å². The third-order valence-corrected chi connectivity index (χ3v) is 4.67. The van der Waals surface area contributed by atoms with E-state index in [1.165, 1.54) is 23.5 Å². The van der Waals surface area contributed by atoms with Crippen molar-refractivity contribution in [2.75, 3.05) is 17.8 Å². The van der Waals surface area contributed by atoms with Crippen LogP contribution in [0, 0.1) is 0 Å². The molecule has 3 rings (SSSR count). The third kappa shape index (κ3) is 4.77. The molecule has 1 heterocycles. The molecule has 0 aliphatic rings. The molecule has 0 saturated carbocycles. The molecule has 2 aromatic carbocycles. The molecular weight excluding hydrogens is 391 g/mol. The minimum atomic E-state index is -4.36. The highest BCUT2D eigenvalue weighted by Crippen LogP contribution is 2.29. The van der Waals surface area contributed by atoms with Crippen LogP contribution in [0.1, 0.15) is 26.5 Å². The lowest BCUT2D eigenvalue weighted by Gasteiger charge is -2.09. The lowest BCUT2D eigenvalue weighted by atomic mass is 10.1. The number of para-hydroxylation sites is 1. The molecule has 1 amide bonds. The molecule has 0 bridgehead atoms. The van der Waals surface area contributed by atoms with Crippen LogP contribution in [-0.2, 0) is 12.6 Å². The zero-order valence-corrected chi connectivity index (χ0v) is 15.5. The molecule has 0 saturated heterocycles. The van der Waals surface area contributed by atoms with Crippen molar-refractivity contribution in [3.63, 3.8) is 0 Å². The Labute approximate surface area is 162 Å². The molecule has 0 fully saturated rings. The maximum atomic E-state index is 12.6. The molecule has 0 aliphatic carbocycles. The molecule has 10 heteroatoms. The molecule has 0 aliphatic heterocycles. The Bertz CT molecular complexity index is 956. The fourth-order valence-electron chi connectivity index (χ4n) is 2.44. The second kappa shape index (κ2) is 8.26. The summed E-state index contributed by atoms with van der Waals surface area (Å²) in [6, 6.07) is 11.9. The minimum Gasteiger partial charge on any atom is -0.387 e. The second-order valence-electron chi connectivity index (χ2n) is 5.75. The van der Waals surface area contributed by atoms with E-state index in [0.29, 0.717) is 33.4 Å². The van der Waals surface area contributed by atoms with Crippen molar-refractivity contribution >= 4 is 28.1 Å². The normalized spacial score (nSPS) is 11.1. The number of hydrogen-bond acceptors (Lipinski definition) is 6. The molecule has 0 spiro atoms. The average molecular weight is 407 g/mol. The van der Waals surface area contributed by atoms with Gasteiger partial charge in [-0.15, -0.1) is 10.2 Å². The largest absolute Gasteiger partial charge is 0.416 e. The number of aromatic nitrogens is 2. The summed E-state index contributed by atoms with van der Waals surface area (Å²) in [5, 5.41) is 11.8. The molecule has 6 nitrogen and oxygen atoms in total. The molecule has 0 radical (unpaired) electrons. The van der Waals surface area contributed by atoms with Crippen LogP contribution < -0.4 is 16.2 Å². The first kappa shape index (κ1) is 19.6. The Morgan fingerprint density at radius 1 is 1.07 bits per heavy atom. The fraction of sp³-hybridized carbons (Fsp3) is 0.167. The molecule has 0 atom stereocenters. The van der Waals surface area contributed by atoms with Gasteiger partial charge in [0.2, 0.25) is 5.13 Å². The maximum Gasteiger partial charge on any atom is 0.416 e. The van der Waals surface area contributed by atoms with E-state index < -0.39 is 11.7 Å². The summed E-state index contributed by atoms with van der Waals surface area (Å²) < 4.78 is 37.8. The van der Waals surface area contributed by atoms with Gasteiger partial charge in [-0.2, -0.15) is 13.2 Å². The number of nitrogens with zero attached hydrogens (tertiary/aromatic N) is 2. The van der Waals surface area contributed by atoms with Gasteiger partial charge in [0, 0.05) is 19.2 Å². The number of hydrazine groups is 1. The number of halogens is 3. The average Bonchev–Trinajstić information content (AvgIpc) is 3.13. The molecule has 28 heavy (non-hydrogen) atoms. The number of benzene rings is 2. The van der Waals surface area contributed by atoms with Crippen LogP contribution >= 0.6 is 11.3 Å². The summed E-state index contributed by atoms with van der Waals surface area (Å²) in [4.78, 5) is 12.3. The number of anilines is 2. The molecule has 1 aromatic heterocycles. The Morgan fingerprint density at radius 2 is 1.79 bits per heavy atom. The number of hydrogen-bond donors (Lipinski definition) is 3. The van der Waals surface area contributed by atoms with E-state index >= 15 is 0 Å². The van der Waals surface area contributed by atoms with Crippen molar-refractivity contribution in [1.29, 1.82) is 0 Å². The van der Waals surface area contributed by atoms with E-state index in [0.717, 1.165) is 12.1 Å². The van der Waals surface area contributed by atoms with Gasteiger partial charge in [-0.3, -0.25) is 15.6 Å². The van der Waals surface area contributed by atoms with Crippen LogP contribution in [0.15, 0.2) is 48.5 Å². The molecule has 0 unspecified atom stereocenters. The molecular formula is C18H16F3N5OS. The van der Waals surface area contributed by atoms with Crippen LogP contribution in [0.3, 0.4) is 0 Å². The highest BCUT2D eigenvalue weighted by molar-refractivity contribution is 7.15. The first-order valence-corrected chi connectivity index (χ1v) is 9.00. The van der Waals surface area contributed by atoms with Crippen molar-refractivity contribution in [3.05, 3.63) is 70.2 Å². The lowest BCUT2D eigenvalue weighted by Crippen LogP contribution is -2.29. The van der Waals surface area contributed by atoms with Crippen molar-refractivity contribution in [1.82, 2.24) is 15.6 Å². The zero-order chi connectivity index (χ0) is 20.1. The summed E-state index contributed by atoms with van der Waals surface area (Å²) in [6.07, 6.45) is -4.02. The highest BCUT2D eigenvalue weighted by atomic mass is 32.1. The number of carbonyl (C=O) groups excluding carboxylic acids is 1. The number of alkyl halides is 3. The van der Waals surface area contributed by atoms with E-state index in [-0.39, 0.29) is 5.91 Å². The first-order chi connectivity index (χ1) is 13.4. The minimum absolute atomic E-state index is 0.341. The first-order valence-electron chi connectivity index (χ1n) is 8.18. The standard InChI is InChI=1S/C18H16F3N5OS/c1-22-14-5-3-2-4-13(14)16(27)24-26-17-25-23-15(28-17)10-11-6-8-12(9-7-11)18(19,20)21/h2-9,22H,10H2,1H3,(H,24,27)(H,25,26). The number of carbonyl (C=O) groups is 1. The Hall–Kier alpha value is -3.14. The lowest BCUT2D eigenvalue weighted by molar-refractivity contribution is -0.137. The zero-order valence-electron chi connectivity index (χ0n) is 14.7. The predicted octanol–water partition coefficient (Wildman–Crippen LogP) is 3.95. The van der Waals surface area contributed by atoms with Crippen molar-refractivity contribution < 1.29 is 18.0 Å². The van der Waals surface area contributed by atoms with Gasteiger partial charge in [0.1, 0.15) is 5.01 Å². The Kier molecular flexibility index (Phi) is 5.78. The van der Waals surface area contributed by atoms with Crippen LogP contribution in [0.5, 0.6) is 0 Å². The SMILES string of the molecule is CNc1ccccc1C(=O)NNc1nnc(Cc2ccc(C(F)(F)F)cc2)s1. The number of amides is 1. The fourth-order valence-corrected chi connectivity index (χ4v) is 3.17. The number of nitrogens with one attached hydrogen (secondary N) is 3. The summed E-state index contributed by atoms with van der Waals surface area (Å²) in [6.45, 7) is 0.